The molecule has 1 atom stereocenters. The number of amides is 2. The Labute approximate surface area is 175 Å². The predicted molar refractivity (Wildman–Crippen MR) is 108 cm³/mol. The van der Waals surface area contributed by atoms with Crippen molar-refractivity contribution in [2.45, 2.75) is 26.5 Å². The minimum absolute atomic E-state index is 0.242. The molecule has 0 radical (unpaired) electrons. The summed E-state index contributed by atoms with van der Waals surface area (Å²) in [6.45, 7) is 2.95. The molecule has 3 aromatic rings. The van der Waals surface area contributed by atoms with Crippen LogP contribution in [-0.2, 0) is 16.1 Å². The molecule has 1 aliphatic heterocycles. The summed E-state index contributed by atoms with van der Waals surface area (Å²) in [7, 11) is 0. The maximum absolute atomic E-state index is 12.6. The van der Waals surface area contributed by atoms with Crippen LogP contribution in [0.25, 0.3) is 11.0 Å². The molecule has 0 fully saturated rings. The quantitative estimate of drug-likeness (QED) is 0.361. The van der Waals surface area contributed by atoms with Gasteiger partial charge in [-0.15, -0.1) is 0 Å². The summed E-state index contributed by atoms with van der Waals surface area (Å²) < 4.78 is 10.5. The van der Waals surface area contributed by atoms with E-state index < -0.39 is 29.5 Å². The number of aryl methyl sites for hydroxylation is 1. The van der Waals surface area contributed by atoms with Crippen LogP contribution in [0.4, 0.5) is 0 Å². The van der Waals surface area contributed by atoms with E-state index in [4.69, 9.17) is 20.8 Å². The molecule has 0 saturated heterocycles. The van der Waals surface area contributed by atoms with E-state index in [1.54, 1.807) is 31.2 Å². The molecule has 1 aromatic heterocycles. The van der Waals surface area contributed by atoms with Crippen molar-refractivity contribution in [3.8, 4) is 0 Å². The Balaban J connectivity index is 1.56. The molecule has 0 saturated carbocycles. The number of benzene rings is 2. The highest BCUT2D eigenvalue weighted by atomic mass is 35.5. The number of esters is 1. The van der Waals surface area contributed by atoms with Gasteiger partial charge in [0, 0.05) is 22.0 Å². The fraction of sp³-hybridized carbons (Fsp3) is 0.182. The molecule has 0 spiro atoms. The first-order valence-electron chi connectivity index (χ1n) is 9.14. The van der Waals surface area contributed by atoms with Crippen molar-refractivity contribution in [2.24, 2.45) is 0 Å². The second-order valence-electron chi connectivity index (χ2n) is 7.00. The van der Waals surface area contributed by atoms with E-state index in [2.05, 4.69) is 0 Å². The SMILES string of the molecule is Cc1cc2oc(=O)cc(COC(=O)[C@@H](C)N3C(=O)c4ccccc4C3=O)c2cc1Cl. The molecule has 0 aliphatic carbocycles. The third-order valence-electron chi connectivity index (χ3n) is 5.03. The van der Waals surface area contributed by atoms with Gasteiger partial charge in [0.05, 0.1) is 11.1 Å². The second-order valence-corrected chi connectivity index (χ2v) is 7.41. The van der Waals surface area contributed by atoms with Crippen LogP contribution in [0.15, 0.2) is 51.7 Å². The van der Waals surface area contributed by atoms with E-state index in [0.717, 1.165) is 10.5 Å². The third kappa shape index (κ3) is 3.27. The van der Waals surface area contributed by atoms with E-state index in [9.17, 15) is 19.2 Å². The normalized spacial score (nSPS) is 14.2. The number of carbonyl (C=O) groups is 3. The molecule has 4 rings (SSSR count). The van der Waals surface area contributed by atoms with Gasteiger partial charge in [-0.3, -0.25) is 14.5 Å². The van der Waals surface area contributed by atoms with Crippen LogP contribution in [-0.4, -0.2) is 28.7 Å². The smallest absolute Gasteiger partial charge is 0.336 e. The largest absolute Gasteiger partial charge is 0.459 e. The average molecular weight is 426 g/mol. The minimum Gasteiger partial charge on any atom is -0.459 e. The summed E-state index contributed by atoms with van der Waals surface area (Å²) in [5.74, 6) is -1.87. The standard InChI is InChI=1S/C22H16ClNO6/c1-11-7-18-16(9-17(11)23)13(8-19(25)30-18)10-29-22(28)12(2)24-20(26)14-5-3-4-6-15(14)21(24)27/h3-9,12H,10H2,1-2H3/t12-/m1/s1. The fourth-order valence-electron chi connectivity index (χ4n) is 3.40. The van der Waals surface area contributed by atoms with Crippen molar-refractivity contribution in [1.82, 2.24) is 4.90 Å². The summed E-state index contributed by atoms with van der Waals surface area (Å²) in [6, 6.07) is 9.72. The summed E-state index contributed by atoms with van der Waals surface area (Å²) >= 11 is 6.17. The van der Waals surface area contributed by atoms with Gasteiger partial charge in [0.2, 0.25) is 0 Å². The lowest BCUT2D eigenvalue weighted by Gasteiger charge is -2.21. The van der Waals surface area contributed by atoms with E-state index in [0.29, 0.717) is 21.6 Å². The van der Waals surface area contributed by atoms with Gasteiger partial charge in [-0.05, 0) is 43.7 Å². The Bertz CT molecular complexity index is 1240. The molecule has 152 valence electrons. The molecule has 2 heterocycles. The van der Waals surface area contributed by atoms with Crippen LogP contribution >= 0.6 is 11.6 Å². The maximum atomic E-state index is 12.6. The summed E-state index contributed by atoms with van der Waals surface area (Å²) in [5, 5.41) is 1.01. The van der Waals surface area contributed by atoms with Gasteiger partial charge >= 0.3 is 11.6 Å². The van der Waals surface area contributed by atoms with Crippen molar-refractivity contribution in [3.05, 3.63) is 80.2 Å². The topological polar surface area (TPSA) is 93.9 Å². The average Bonchev–Trinajstić information content (AvgIpc) is 2.97. The Kier molecular flexibility index (Phi) is 4.91. The zero-order chi connectivity index (χ0) is 21.6. The van der Waals surface area contributed by atoms with Gasteiger partial charge in [-0.2, -0.15) is 0 Å². The number of imide groups is 1. The molecule has 0 unspecified atom stereocenters. The molecule has 2 amide bonds. The summed E-state index contributed by atoms with van der Waals surface area (Å²) in [5.41, 5.74) is 1.37. The van der Waals surface area contributed by atoms with E-state index in [1.807, 2.05) is 0 Å². The summed E-state index contributed by atoms with van der Waals surface area (Å²) in [4.78, 5) is 50.4. The molecule has 1 aliphatic rings. The Morgan fingerprint density at radius 1 is 1.10 bits per heavy atom. The van der Waals surface area contributed by atoms with Crippen molar-refractivity contribution in [2.75, 3.05) is 0 Å². The summed E-state index contributed by atoms with van der Waals surface area (Å²) in [6.07, 6.45) is 0. The van der Waals surface area contributed by atoms with Gasteiger partial charge in [0.1, 0.15) is 18.2 Å². The Morgan fingerprint density at radius 3 is 2.37 bits per heavy atom. The number of nitrogens with zero attached hydrogens (tertiary/aromatic N) is 1. The predicted octanol–water partition coefficient (Wildman–Crippen LogP) is 3.48. The number of carbonyl (C=O) groups excluding carboxylic acids is 3. The van der Waals surface area contributed by atoms with Crippen molar-refractivity contribution < 1.29 is 23.5 Å². The molecule has 8 heteroatoms. The Hall–Kier alpha value is -3.45. The van der Waals surface area contributed by atoms with Crippen molar-refractivity contribution in [3.63, 3.8) is 0 Å². The van der Waals surface area contributed by atoms with E-state index in [-0.39, 0.29) is 17.7 Å². The molecule has 0 bridgehead atoms. The van der Waals surface area contributed by atoms with E-state index in [1.165, 1.54) is 25.1 Å². The number of hydrogen-bond donors (Lipinski definition) is 0. The molecule has 7 nitrogen and oxygen atoms in total. The highest BCUT2D eigenvalue weighted by Crippen LogP contribution is 2.27. The first-order valence-corrected chi connectivity index (χ1v) is 9.52. The number of halogens is 1. The Morgan fingerprint density at radius 2 is 1.73 bits per heavy atom. The lowest BCUT2D eigenvalue weighted by atomic mass is 10.1. The van der Waals surface area contributed by atoms with E-state index >= 15 is 0 Å². The molecular weight excluding hydrogens is 410 g/mol. The fourth-order valence-corrected chi connectivity index (χ4v) is 3.57. The van der Waals surface area contributed by atoms with Crippen LogP contribution in [0.2, 0.25) is 5.02 Å². The van der Waals surface area contributed by atoms with Crippen molar-refractivity contribution in [1.29, 1.82) is 0 Å². The molecule has 0 N–H and O–H groups in total. The number of fused-ring (bicyclic) bond motifs is 2. The number of rotatable bonds is 4. The lowest BCUT2D eigenvalue weighted by molar-refractivity contribution is -0.149. The number of ether oxygens (including phenoxy) is 1. The number of hydrogen-bond acceptors (Lipinski definition) is 6. The minimum atomic E-state index is -1.13. The van der Waals surface area contributed by atoms with Gasteiger partial charge in [-0.1, -0.05) is 23.7 Å². The maximum Gasteiger partial charge on any atom is 0.336 e. The van der Waals surface area contributed by atoms with Crippen LogP contribution in [0.1, 0.15) is 38.8 Å². The highest BCUT2D eigenvalue weighted by Gasteiger charge is 2.41. The van der Waals surface area contributed by atoms with Crippen molar-refractivity contribution >= 4 is 40.4 Å². The lowest BCUT2D eigenvalue weighted by Crippen LogP contribution is -2.43. The second kappa shape index (κ2) is 7.42. The zero-order valence-corrected chi connectivity index (χ0v) is 16.9. The van der Waals surface area contributed by atoms with Crippen LogP contribution in [0.5, 0.6) is 0 Å². The molecule has 2 aromatic carbocycles. The highest BCUT2D eigenvalue weighted by molar-refractivity contribution is 6.32. The van der Waals surface area contributed by atoms with Gasteiger partial charge in [0.15, 0.2) is 0 Å². The van der Waals surface area contributed by atoms with Crippen LogP contribution < -0.4 is 5.63 Å². The monoisotopic (exact) mass is 425 g/mol. The van der Waals surface area contributed by atoms with Gasteiger partial charge in [-0.25, -0.2) is 9.59 Å². The third-order valence-corrected chi connectivity index (χ3v) is 5.44. The van der Waals surface area contributed by atoms with Gasteiger partial charge in [0.25, 0.3) is 11.8 Å². The zero-order valence-electron chi connectivity index (χ0n) is 16.1. The van der Waals surface area contributed by atoms with Gasteiger partial charge < -0.3 is 9.15 Å². The first-order chi connectivity index (χ1) is 14.3. The molecular formula is C22H16ClNO6. The van der Waals surface area contributed by atoms with Crippen LogP contribution in [0.3, 0.4) is 0 Å². The first kappa shape index (κ1) is 19.8. The molecule has 30 heavy (non-hydrogen) atoms. The van der Waals surface area contributed by atoms with Crippen LogP contribution in [0, 0.1) is 6.92 Å².